The molecule has 7 heteroatoms. The average molecular weight is 374 g/mol. The molecule has 5 fully saturated rings. The van der Waals surface area contributed by atoms with Crippen LogP contribution in [0, 0.1) is 22.7 Å². The smallest absolute Gasteiger partial charge is 0.344 e. The lowest BCUT2D eigenvalue weighted by Gasteiger charge is -2.63. The SMILES string of the molecule is C[C@@H]1CC(=O)[C@]23CO[C@H]4O[C@H](C5=CC(=O)OC5=O)C[C@@]41[C@H]2CCC[C@]31CO1. The Balaban J connectivity index is 1.45. The summed E-state index contributed by atoms with van der Waals surface area (Å²) in [6.45, 7) is 3.05. The number of Topliss-reactive ketones (excluding diaryl/α,β-unsaturated/α-hetero) is 1. The van der Waals surface area contributed by atoms with Crippen LogP contribution in [0.1, 0.15) is 39.0 Å². The van der Waals surface area contributed by atoms with Crippen molar-refractivity contribution in [2.45, 2.75) is 57.0 Å². The highest BCUT2D eigenvalue weighted by atomic mass is 16.7. The van der Waals surface area contributed by atoms with E-state index < -0.39 is 29.7 Å². The van der Waals surface area contributed by atoms with Crippen LogP contribution in [0.3, 0.4) is 0 Å². The number of ether oxygens (including phenoxy) is 4. The molecule has 7 atom stereocenters. The van der Waals surface area contributed by atoms with E-state index in [9.17, 15) is 14.4 Å². The van der Waals surface area contributed by atoms with Gasteiger partial charge in [-0.25, -0.2) is 9.59 Å². The minimum Gasteiger partial charge on any atom is -0.386 e. The fourth-order valence-corrected chi connectivity index (χ4v) is 7.01. The van der Waals surface area contributed by atoms with E-state index in [1.807, 2.05) is 0 Å². The molecule has 144 valence electrons. The van der Waals surface area contributed by atoms with Gasteiger partial charge in [0.1, 0.15) is 11.4 Å². The molecule has 2 bridgehead atoms. The molecule has 6 rings (SSSR count). The highest BCUT2D eigenvalue weighted by Crippen LogP contribution is 2.72. The first-order valence-electron chi connectivity index (χ1n) is 9.85. The van der Waals surface area contributed by atoms with E-state index in [-0.39, 0.29) is 34.2 Å². The monoisotopic (exact) mass is 374 g/mol. The zero-order valence-electron chi connectivity index (χ0n) is 15.2. The molecule has 0 radical (unpaired) electrons. The lowest BCUT2D eigenvalue weighted by atomic mass is 9.42. The number of carbonyl (C=O) groups is 3. The van der Waals surface area contributed by atoms with Crippen LogP contribution < -0.4 is 0 Å². The molecule has 0 N–H and O–H groups in total. The number of esters is 2. The third-order valence-corrected chi connectivity index (χ3v) is 8.31. The van der Waals surface area contributed by atoms with E-state index in [0.717, 1.165) is 19.3 Å². The number of hydrogen-bond donors (Lipinski definition) is 0. The number of cyclic esters (lactones) is 2. The first-order valence-corrected chi connectivity index (χ1v) is 9.85. The molecule has 3 saturated heterocycles. The molecule has 2 aliphatic carbocycles. The highest BCUT2D eigenvalue weighted by molar-refractivity contribution is 6.09. The van der Waals surface area contributed by atoms with Crippen LogP contribution in [0.2, 0.25) is 0 Å². The summed E-state index contributed by atoms with van der Waals surface area (Å²) in [4.78, 5) is 36.9. The van der Waals surface area contributed by atoms with Gasteiger partial charge in [0, 0.05) is 17.9 Å². The maximum atomic E-state index is 13.3. The fourth-order valence-electron chi connectivity index (χ4n) is 7.01. The Hall–Kier alpha value is -1.57. The van der Waals surface area contributed by atoms with Crippen molar-refractivity contribution in [3.63, 3.8) is 0 Å². The molecule has 6 aliphatic rings. The predicted molar refractivity (Wildman–Crippen MR) is 88.1 cm³/mol. The van der Waals surface area contributed by atoms with Gasteiger partial charge in [0.05, 0.1) is 30.3 Å². The van der Waals surface area contributed by atoms with Gasteiger partial charge in [-0.3, -0.25) is 4.79 Å². The van der Waals surface area contributed by atoms with Crippen molar-refractivity contribution < 1.29 is 33.3 Å². The lowest BCUT2D eigenvalue weighted by Crippen LogP contribution is -2.70. The van der Waals surface area contributed by atoms with Crippen molar-refractivity contribution in [2.24, 2.45) is 22.7 Å². The molecule has 27 heavy (non-hydrogen) atoms. The molecule has 2 spiro atoms. The lowest BCUT2D eigenvalue weighted by molar-refractivity contribution is -0.292. The molecule has 0 amide bonds. The van der Waals surface area contributed by atoms with Crippen LogP contribution in [0.15, 0.2) is 11.6 Å². The van der Waals surface area contributed by atoms with Crippen molar-refractivity contribution in [2.75, 3.05) is 13.2 Å². The van der Waals surface area contributed by atoms with Crippen molar-refractivity contribution in [3.05, 3.63) is 11.6 Å². The van der Waals surface area contributed by atoms with Gasteiger partial charge in [0.2, 0.25) is 0 Å². The van der Waals surface area contributed by atoms with Gasteiger partial charge in [-0.05, 0) is 31.1 Å². The highest BCUT2D eigenvalue weighted by Gasteiger charge is 2.79. The van der Waals surface area contributed by atoms with Gasteiger partial charge >= 0.3 is 11.9 Å². The Bertz CT molecular complexity index is 811. The van der Waals surface area contributed by atoms with Crippen molar-refractivity contribution in [1.82, 2.24) is 0 Å². The number of carbonyl (C=O) groups excluding carboxylic acids is 3. The largest absolute Gasteiger partial charge is 0.386 e. The summed E-state index contributed by atoms with van der Waals surface area (Å²) in [7, 11) is 0. The van der Waals surface area contributed by atoms with Gasteiger partial charge in [0.15, 0.2) is 6.29 Å². The average Bonchev–Trinajstić information content (AvgIpc) is 3.16. The van der Waals surface area contributed by atoms with Crippen molar-refractivity contribution >= 4 is 17.7 Å². The first kappa shape index (κ1) is 16.4. The third-order valence-electron chi connectivity index (χ3n) is 8.31. The number of epoxide rings is 1. The molecule has 4 aliphatic heterocycles. The molecular weight excluding hydrogens is 352 g/mol. The van der Waals surface area contributed by atoms with Crippen LogP contribution in [0.25, 0.3) is 0 Å². The number of hydrogen-bond acceptors (Lipinski definition) is 7. The van der Waals surface area contributed by atoms with E-state index in [1.54, 1.807) is 0 Å². The van der Waals surface area contributed by atoms with E-state index >= 15 is 0 Å². The van der Waals surface area contributed by atoms with Crippen LogP contribution in [0.4, 0.5) is 0 Å². The van der Waals surface area contributed by atoms with E-state index in [4.69, 9.17) is 14.2 Å². The van der Waals surface area contributed by atoms with E-state index in [1.165, 1.54) is 6.08 Å². The van der Waals surface area contributed by atoms with Crippen molar-refractivity contribution in [3.8, 4) is 0 Å². The molecule has 0 aromatic heterocycles. The molecule has 0 aromatic rings. The van der Waals surface area contributed by atoms with Gasteiger partial charge < -0.3 is 18.9 Å². The molecule has 2 saturated carbocycles. The Morgan fingerprint density at radius 3 is 2.70 bits per heavy atom. The summed E-state index contributed by atoms with van der Waals surface area (Å²) in [6.07, 6.45) is 4.17. The van der Waals surface area contributed by atoms with Gasteiger partial charge in [0.25, 0.3) is 0 Å². The van der Waals surface area contributed by atoms with Gasteiger partial charge in [-0.15, -0.1) is 0 Å². The normalized spacial score (nSPS) is 53.1. The number of ketones is 1. The van der Waals surface area contributed by atoms with Gasteiger partial charge in [-0.2, -0.15) is 0 Å². The second-order valence-electron chi connectivity index (χ2n) is 9.12. The zero-order valence-corrected chi connectivity index (χ0v) is 15.2. The Morgan fingerprint density at radius 2 is 2.00 bits per heavy atom. The molecule has 0 unspecified atom stereocenters. The second-order valence-corrected chi connectivity index (χ2v) is 9.12. The zero-order chi connectivity index (χ0) is 18.6. The molecule has 7 nitrogen and oxygen atoms in total. The fraction of sp³-hybridized carbons (Fsp3) is 0.750. The van der Waals surface area contributed by atoms with Crippen LogP contribution in [-0.2, 0) is 33.3 Å². The Kier molecular flexibility index (Phi) is 2.96. The minimum absolute atomic E-state index is 0.0843. The summed E-state index contributed by atoms with van der Waals surface area (Å²) in [6, 6.07) is 0. The van der Waals surface area contributed by atoms with E-state index in [0.29, 0.717) is 26.1 Å². The summed E-state index contributed by atoms with van der Waals surface area (Å²) < 4.78 is 23.0. The van der Waals surface area contributed by atoms with Crippen LogP contribution in [-0.4, -0.2) is 48.9 Å². The maximum Gasteiger partial charge on any atom is 0.344 e. The summed E-state index contributed by atoms with van der Waals surface area (Å²) in [5, 5.41) is 0. The topological polar surface area (TPSA) is 91.4 Å². The predicted octanol–water partition coefficient (Wildman–Crippen LogP) is 1.29. The second kappa shape index (κ2) is 4.88. The Labute approximate surface area is 156 Å². The summed E-state index contributed by atoms with van der Waals surface area (Å²) in [5.41, 5.74) is -1.03. The van der Waals surface area contributed by atoms with Crippen LogP contribution >= 0.6 is 0 Å². The van der Waals surface area contributed by atoms with Crippen LogP contribution in [0.5, 0.6) is 0 Å². The first-order chi connectivity index (χ1) is 12.9. The third kappa shape index (κ3) is 1.72. The van der Waals surface area contributed by atoms with Gasteiger partial charge in [-0.1, -0.05) is 13.3 Å². The minimum atomic E-state index is -0.642. The summed E-state index contributed by atoms with van der Waals surface area (Å²) in [5.74, 6) is -0.803. The quantitative estimate of drug-likeness (QED) is 0.388. The molecular formula is C20H22O7. The standard InChI is InChI=1S/C20H22O7/c1-10-5-14(21)20-9-24-17-19(10,13(20)3-2-4-18(20)8-25-18)7-12(26-17)11-6-15(22)27-16(11)23/h6,10,12-13,17H,2-5,7-9H2,1H3/t10-,12+,13-,17+,18+,19-,20+/m1/s1. The summed E-state index contributed by atoms with van der Waals surface area (Å²) >= 11 is 0. The molecule has 0 aromatic carbocycles. The number of rotatable bonds is 1. The van der Waals surface area contributed by atoms with E-state index in [2.05, 4.69) is 11.7 Å². The molecule has 4 heterocycles. The maximum absolute atomic E-state index is 13.3. The Morgan fingerprint density at radius 1 is 1.19 bits per heavy atom. The van der Waals surface area contributed by atoms with Crippen molar-refractivity contribution in [1.29, 1.82) is 0 Å².